The quantitative estimate of drug-likeness (QED) is 0.921. The van der Waals surface area contributed by atoms with Crippen LogP contribution in [0.25, 0.3) is 0 Å². The van der Waals surface area contributed by atoms with Gasteiger partial charge in [-0.2, -0.15) is 0 Å². The molecule has 0 saturated carbocycles. The molecule has 1 fully saturated rings. The molecule has 0 aliphatic carbocycles. The third kappa shape index (κ3) is 4.11. The largest absolute Gasteiger partial charge is 0.336 e. The summed E-state index contributed by atoms with van der Waals surface area (Å²) in [6, 6.07) is 14.7. The van der Waals surface area contributed by atoms with Gasteiger partial charge in [-0.15, -0.1) is 0 Å². The summed E-state index contributed by atoms with van der Waals surface area (Å²) in [5.41, 5.74) is 3.10. The van der Waals surface area contributed by atoms with Gasteiger partial charge in [0.2, 0.25) is 0 Å². The summed E-state index contributed by atoms with van der Waals surface area (Å²) < 4.78 is 0. The standard InChI is InChI=1S/C21H25N3O2/c1-3-16-6-4-5-7-19(16)22-20(25)17-8-10-18(11-9-17)21(26)24-14-12-23(2)13-15-24/h4-11H,3,12-15H2,1-2H3,(H,22,25). The highest BCUT2D eigenvalue weighted by molar-refractivity contribution is 6.05. The second-order valence-electron chi connectivity index (χ2n) is 6.64. The molecule has 2 amide bonds. The summed E-state index contributed by atoms with van der Waals surface area (Å²) in [5.74, 6) is -0.133. The second-order valence-corrected chi connectivity index (χ2v) is 6.64. The lowest BCUT2D eigenvalue weighted by molar-refractivity contribution is 0.0664. The van der Waals surface area contributed by atoms with Crippen LogP contribution >= 0.6 is 0 Å². The number of likely N-dealkylation sites (N-methyl/N-ethyl adjacent to an activating group) is 1. The number of hydrogen-bond acceptors (Lipinski definition) is 3. The van der Waals surface area contributed by atoms with Gasteiger partial charge in [0.1, 0.15) is 0 Å². The minimum Gasteiger partial charge on any atom is -0.336 e. The molecule has 1 aliphatic rings. The Labute approximate surface area is 154 Å². The van der Waals surface area contributed by atoms with Crippen molar-refractivity contribution in [1.82, 2.24) is 9.80 Å². The molecule has 0 radical (unpaired) electrons. The third-order valence-corrected chi connectivity index (χ3v) is 4.83. The van der Waals surface area contributed by atoms with Gasteiger partial charge in [-0.25, -0.2) is 0 Å². The van der Waals surface area contributed by atoms with E-state index in [1.807, 2.05) is 29.2 Å². The van der Waals surface area contributed by atoms with Crippen LogP contribution in [0.15, 0.2) is 48.5 Å². The first kappa shape index (κ1) is 18.1. The molecule has 0 atom stereocenters. The van der Waals surface area contributed by atoms with Gasteiger partial charge in [-0.3, -0.25) is 9.59 Å². The lowest BCUT2D eigenvalue weighted by atomic mass is 10.1. The molecule has 1 aliphatic heterocycles. The van der Waals surface area contributed by atoms with Crippen LogP contribution < -0.4 is 5.32 Å². The molecule has 1 heterocycles. The number of hydrogen-bond donors (Lipinski definition) is 1. The second kappa shape index (κ2) is 8.15. The Kier molecular flexibility index (Phi) is 5.68. The fourth-order valence-corrected chi connectivity index (χ4v) is 3.10. The number of carbonyl (C=O) groups excluding carboxylic acids is 2. The van der Waals surface area contributed by atoms with Crippen molar-refractivity contribution < 1.29 is 9.59 Å². The maximum atomic E-state index is 12.6. The van der Waals surface area contributed by atoms with Crippen LogP contribution in [0.5, 0.6) is 0 Å². The van der Waals surface area contributed by atoms with E-state index in [4.69, 9.17) is 0 Å². The SMILES string of the molecule is CCc1ccccc1NC(=O)c1ccc(C(=O)N2CCN(C)CC2)cc1. The Morgan fingerprint density at radius 3 is 2.19 bits per heavy atom. The van der Waals surface area contributed by atoms with Gasteiger partial charge >= 0.3 is 0 Å². The van der Waals surface area contributed by atoms with Crippen molar-refractivity contribution in [1.29, 1.82) is 0 Å². The Hall–Kier alpha value is -2.66. The number of anilines is 1. The van der Waals surface area contributed by atoms with E-state index in [9.17, 15) is 9.59 Å². The van der Waals surface area contributed by atoms with E-state index in [1.165, 1.54) is 0 Å². The molecule has 2 aromatic carbocycles. The summed E-state index contributed by atoms with van der Waals surface area (Å²) in [4.78, 5) is 29.1. The number of amides is 2. The Bertz CT molecular complexity index is 778. The molecule has 1 saturated heterocycles. The van der Waals surface area contributed by atoms with E-state index < -0.39 is 0 Å². The Morgan fingerprint density at radius 2 is 1.54 bits per heavy atom. The van der Waals surface area contributed by atoms with Crippen LogP contribution in [0.1, 0.15) is 33.2 Å². The van der Waals surface area contributed by atoms with E-state index in [0.29, 0.717) is 11.1 Å². The van der Waals surface area contributed by atoms with Gasteiger partial charge in [0, 0.05) is 43.0 Å². The molecular formula is C21H25N3O2. The average molecular weight is 351 g/mol. The van der Waals surface area contributed by atoms with E-state index in [2.05, 4.69) is 24.2 Å². The van der Waals surface area contributed by atoms with Gasteiger partial charge in [0.15, 0.2) is 0 Å². The van der Waals surface area contributed by atoms with Gasteiger partial charge < -0.3 is 15.1 Å². The molecule has 136 valence electrons. The van der Waals surface area contributed by atoms with Crippen LogP contribution in [0.2, 0.25) is 0 Å². The van der Waals surface area contributed by atoms with Crippen LogP contribution in [-0.2, 0) is 6.42 Å². The topological polar surface area (TPSA) is 52.7 Å². The fourth-order valence-electron chi connectivity index (χ4n) is 3.10. The van der Waals surface area contributed by atoms with Crippen molar-refractivity contribution in [2.45, 2.75) is 13.3 Å². The fraction of sp³-hybridized carbons (Fsp3) is 0.333. The predicted octanol–water partition coefficient (Wildman–Crippen LogP) is 2.89. The van der Waals surface area contributed by atoms with Gasteiger partial charge in [0.05, 0.1) is 0 Å². The zero-order valence-corrected chi connectivity index (χ0v) is 15.4. The number of nitrogens with one attached hydrogen (secondary N) is 1. The van der Waals surface area contributed by atoms with Crippen LogP contribution in [0.3, 0.4) is 0 Å². The summed E-state index contributed by atoms with van der Waals surface area (Å²) in [6.07, 6.45) is 0.856. The zero-order chi connectivity index (χ0) is 18.5. The van der Waals surface area contributed by atoms with E-state index in [0.717, 1.165) is 43.9 Å². The number of aryl methyl sites for hydroxylation is 1. The third-order valence-electron chi connectivity index (χ3n) is 4.83. The number of rotatable bonds is 4. The highest BCUT2D eigenvalue weighted by Gasteiger charge is 2.20. The first-order valence-corrected chi connectivity index (χ1v) is 9.05. The molecule has 0 spiro atoms. The van der Waals surface area contributed by atoms with Gasteiger partial charge in [-0.1, -0.05) is 25.1 Å². The van der Waals surface area contributed by atoms with Crippen molar-refractivity contribution in [2.24, 2.45) is 0 Å². The Balaban J connectivity index is 1.67. The Morgan fingerprint density at radius 1 is 0.923 bits per heavy atom. The van der Waals surface area contributed by atoms with Crippen molar-refractivity contribution in [3.8, 4) is 0 Å². The first-order chi connectivity index (χ1) is 12.6. The smallest absolute Gasteiger partial charge is 0.255 e. The molecular weight excluding hydrogens is 326 g/mol. The molecule has 26 heavy (non-hydrogen) atoms. The summed E-state index contributed by atoms with van der Waals surface area (Å²) in [6.45, 7) is 5.33. The number of nitrogens with zero attached hydrogens (tertiary/aromatic N) is 2. The van der Waals surface area contributed by atoms with E-state index >= 15 is 0 Å². The van der Waals surface area contributed by atoms with Crippen LogP contribution in [0, 0.1) is 0 Å². The maximum Gasteiger partial charge on any atom is 0.255 e. The molecule has 3 rings (SSSR count). The molecule has 0 bridgehead atoms. The molecule has 1 N–H and O–H groups in total. The van der Waals surface area contributed by atoms with E-state index in [1.54, 1.807) is 24.3 Å². The molecule has 5 heteroatoms. The van der Waals surface area contributed by atoms with Crippen molar-refractivity contribution in [3.05, 3.63) is 65.2 Å². The lowest BCUT2D eigenvalue weighted by Gasteiger charge is -2.32. The molecule has 0 aromatic heterocycles. The van der Waals surface area contributed by atoms with Gasteiger partial charge in [0.25, 0.3) is 11.8 Å². The first-order valence-electron chi connectivity index (χ1n) is 9.05. The van der Waals surface area contributed by atoms with Crippen molar-refractivity contribution in [2.75, 3.05) is 38.5 Å². The molecule has 2 aromatic rings. The summed E-state index contributed by atoms with van der Waals surface area (Å²) in [5, 5.41) is 2.95. The maximum absolute atomic E-state index is 12.6. The molecule has 0 unspecified atom stereocenters. The van der Waals surface area contributed by atoms with E-state index in [-0.39, 0.29) is 11.8 Å². The number of carbonyl (C=O) groups is 2. The lowest BCUT2D eigenvalue weighted by Crippen LogP contribution is -2.47. The monoisotopic (exact) mass is 351 g/mol. The number of para-hydroxylation sites is 1. The van der Waals surface area contributed by atoms with Crippen molar-refractivity contribution in [3.63, 3.8) is 0 Å². The van der Waals surface area contributed by atoms with Crippen LogP contribution in [0.4, 0.5) is 5.69 Å². The highest BCUT2D eigenvalue weighted by atomic mass is 16.2. The minimum absolute atomic E-state index is 0.0291. The minimum atomic E-state index is -0.163. The summed E-state index contributed by atoms with van der Waals surface area (Å²) in [7, 11) is 2.06. The van der Waals surface area contributed by atoms with Crippen molar-refractivity contribution >= 4 is 17.5 Å². The molecule has 5 nitrogen and oxygen atoms in total. The van der Waals surface area contributed by atoms with Crippen LogP contribution in [-0.4, -0.2) is 54.8 Å². The predicted molar refractivity (Wildman–Crippen MR) is 104 cm³/mol. The van der Waals surface area contributed by atoms with Gasteiger partial charge in [-0.05, 0) is 49.4 Å². The highest BCUT2D eigenvalue weighted by Crippen LogP contribution is 2.17. The zero-order valence-electron chi connectivity index (χ0n) is 15.4. The normalized spacial score (nSPS) is 14.9. The number of benzene rings is 2. The summed E-state index contributed by atoms with van der Waals surface area (Å²) >= 11 is 0. The number of piperazine rings is 1. The average Bonchev–Trinajstić information content (AvgIpc) is 2.68.